The summed E-state index contributed by atoms with van der Waals surface area (Å²) in [5.74, 6) is -0.142. The van der Waals surface area contributed by atoms with Gasteiger partial charge in [-0.05, 0) is 80.7 Å². The molecule has 0 radical (unpaired) electrons. The molecule has 2 aromatic carbocycles. The lowest BCUT2D eigenvalue weighted by Crippen LogP contribution is -2.37. The zero-order chi connectivity index (χ0) is 21.6. The fourth-order valence-electron chi connectivity index (χ4n) is 3.48. The molecule has 8 heteroatoms. The fraction of sp³-hybridized carbons (Fsp3) is 0.409. The number of nitrogens with one attached hydrogen (secondary N) is 1. The first-order valence-corrected chi connectivity index (χ1v) is 12.8. The van der Waals surface area contributed by atoms with Crippen molar-refractivity contribution in [3.8, 4) is 0 Å². The third-order valence-corrected chi connectivity index (χ3v) is 7.92. The highest BCUT2D eigenvalue weighted by molar-refractivity contribution is 7.98. The number of amides is 1. The highest BCUT2D eigenvalue weighted by Gasteiger charge is 2.21. The van der Waals surface area contributed by atoms with E-state index in [-0.39, 0.29) is 10.8 Å². The standard InChI is InChI=1S/C22H29N3O3S2/c1-24(30(27,28)21-12-10-20(29-2)11-13-21)19-8-6-18(7-9-19)22(26)23-14-17-25-15-4-3-5-16-25/h6-13H,3-5,14-17H2,1-2H3,(H,23,26). The molecule has 1 heterocycles. The summed E-state index contributed by atoms with van der Waals surface area (Å²) in [5.41, 5.74) is 1.03. The third kappa shape index (κ3) is 5.56. The molecule has 0 bridgehead atoms. The van der Waals surface area contributed by atoms with Gasteiger partial charge in [-0.3, -0.25) is 9.10 Å². The Bertz CT molecular complexity index is 939. The normalized spacial score (nSPS) is 15.0. The van der Waals surface area contributed by atoms with Crippen LogP contribution in [0.3, 0.4) is 0 Å². The monoisotopic (exact) mass is 447 g/mol. The maximum atomic E-state index is 12.9. The number of piperidine rings is 1. The van der Waals surface area contributed by atoms with Gasteiger partial charge in [0.1, 0.15) is 0 Å². The van der Waals surface area contributed by atoms with E-state index in [0.29, 0.717) is 17.8 Å². The highest BCUT2D eigenvalue weighted by atomic mass is 32.2. The second-order valence-corrected chi connectivity index (χ2v) is 10.2. The third-order valence-electron chi connectivity index (χ3n) is 5.37. The summed E-state index contributed by atoms with van der Waals surface area (Å²) in [6.45, 7) is 3.68. The van der Waals surface area contributed by atoms with E-state index < -0.39 is 10.0 Å². The van der Waals surface area contributed by atoms with Crippen molar-refractivity contribution in [3.63, 3.8) is 0 Å². The minimum Gasteiger partial charge on any atom is -0.351 e. The lowest BCUT2D eigenvalue weighted by atomic mass is 10.1. The smallest absolute Gasteiger partial charge is 0.264 e. The number of carbonyl (C=O) groups excluding carboxylic acids is 1. The molecule has 0 aromatic heterocycles. The molecule has 0 atom stereocenters. The number of hydrogen-bond acceptors (Lipinski definition) is 5. The zero-order valence-electron chi connectivity index (χ0n) is 17.5. The molecule has 30 heavy (non-hydrogen) atoms. The maximum Gasteiger partial charge on any atom is 0.264 e. The van der Waals surface area contributed by atoms with E-state index in [0.717, 1.165) is 24.5 Å². The van der Waals surface area contributed by atoms with Gasteiger partial charge in [0.15, 0.2) is 0 Å². The number of benzene rings is 2. The molecular formula is C22H29N3O3S2. The molecule has 0 saturated carbocycles. The van der Waals surface area contributed by atoms with Crippen LogP contribution in [0.15, 0.2) is 58.3 Å². The Morgan fingerprint density at radius 3 is 2.27 bits per heavy atom. The fourth-order valence-corrected chi connectivity index (χ4v) is 5.08. The average molecular weight is 448 g/mol. The zero-order valence-corrected chi connectivity index (χ0v) is 19.1. The van der Waals surface area contributed by atoms with Crippen molar-refractivity contribution < 1.29 is 13.2 Å². The number of likely N-dealkylation sites (tertiary alicyclic amines) is 1. The van der Waals surface area contributed by atoms with Crippen molar-refractivity contribution in [3.05, 3.63) is 54.1 Å². The van der Waals surface area contributed by atoms with Gasteiger partial charge in [-0.15, -0.1) is 11.8 Å². The highest BCUT2D eigenvalue weighted by Crippen LogP contribution is 2.24. The number of rotatable bonds is 8. The molecule has 0 aliphatic carbocycles. The van der Waals surface area contributed by atoms with E-state index in [1.165, 1.54) is 30.6 Å². The first kappa shape index (κ1) is 22.7. The lowest BCUT2D eigenvalue weighted by Gasteiger charge is -2.26. The molecule has 1 aliphatic heterocycles. The molecule has 1 fully saturated rings. The van der Waals surface area contributed by atoms with Crippen LogP contribution in [0.5, 0.6) is 0 Å². The largest absolute Gasteiger partial charge is 0.351 e. The summed E-state index contributed by atoms with van der Waals surface area (Å²) in [6.07, 6.45) is 5.70. The van der Waals surface area contributed by atoms with E-state index >= 15 is 0 Å². The summed E-state index contributed by atoms with van der Waals surface area (Å²) in [6, 6.07) is 13.5. The summed E-state index contributed by atoms with van der Waals surface area (Å²) < 4.78 is 27.0. The Labute approximate surface area is 183 Å². The molecule has 0 spiro atoms. The Morgan fingerprint density at radius 2 is 1.67 bits per heavy atom. The Hall–Kier alpha value is -2.03. The van der Waals surface area contributed by atoms with E-state index in [1.54, 1.807) is 60.3 Å². The van der Waals surface area contributed by atoms with Gasteiger partial charge in [-0.1, -0.05) is 6.42 Å². The van der Waals surface area contributed by atoms with E-state index in [9.17, 15) is 13.2 Å². The number of nitrogens with zero attached hydrogens (tertiary/aromatic N) is 2. The van der Waals surface area contributed by atoms with Gasteiger partial charge in [0, 0.05) is 30.6 Å². The Balaban J connectivity index is 1.60. The predicted molar refractivity (Wildman–Crippen MR) is 123 cm³/mol. The predicted octanol–water partition coefficient (Wildman–Crippen LogP) is 3.45. The van der Waals surface area contributed by atoms with Crippen molar-refractivity contribution in [2.45, 2.75) is 29.1 Å². The molecule has 1 saturated heterocycles. The first-order chi connectivity index (χ1) is 14.4. The number of carbonyl (C=O) groups is 1. The van der Waals surface area contributed by atoms with Crippen molar-refractivity contribution in [1.29, 1.82) is 0 Å². The van der Waals surface area contributed by atoms with Crippen LogP contribution < -0.4 is 9.62 Å². The van der Waals surface area contributed by atoms with Gasteiger partial charge in [-0.25, -0.2) is 8.42 Å². The van der Waals surface area contributed by atoms with Gasteiger partial charge < -0.3 is 10.2 Å². The van der Waals surface area contributed by atoms with E-state index in [2.05, 4.69) is 10.2 Å². The van der Waals surface area contributed by atoms with Crippen molar-refractivity contribution >= 4 is 33.4 Å². The summed E-state index contributed by atoms with van der Waals surface area (Å²) in [5, 5.41) is 2.95. The molecular weight excluding hydrogens is 418 g/mol. The molecule has 6 nitrogen and oxygen atoms in total. The number of hydrogen-bond donors (Lipinski definition) is 1. The van der Waals surface area contributed by atoms with Crippen molar-refractivity contribution in [2.75, 3.05) is 43.8 Å². The molecule has 1 amide bonds. The van der Waals surface area contributed by atoms with Crippen LogP contribution in [-0.2, 0) is 10.0 Å². The van der Waals surface area contributed by atoms with E-state index in [1.807, 2.05) is 6.26 Å². The van der Waals surface area contributed by atoms with Crippen LogP contribution in [0.1, 0.15) is 29.6 Å². The van der Waals surface area contributed by atoms with Crippen LogP contribution in [0.2, 0.25) is 0 Å². The quantitative estimate of drug-likeness (QED) is 0.628. The van der Waals surface area contributed by atoms with Crippen LogP contribution in [-0.4, -0.2) is 58.7 Å². The summed E-state index contributed by atoms with van der Waals surface area (Å²) >= 11 is 1.56. The van der Waals surface area contributed by atoms with Gasteiger partial charge >= 0.3 is 0 Å². The lowest BCUT2D eigenvalue weighted by molar-refractivity contribution is 0.0946. The van der Waals surface area contributed by atoms with Gasteiger partial charge in [0.25, 0.3) is 15.9 Å². The maximum absolute atomic E-state index is 12.9. The molecule has 162 valence electrons. The van der Waals surface area contributed by atoms with E-state index in [4.69, 9.17) is 0 Å². The Morgan fingerprint density at radius 1 is 1.03 bits per heavy atom. The van der Waals surface area contributed by atoms with Gasteiger partial charge in [-0.2, -0.15) is 0 Å². The molecule has 0 unspecified atom stereocenters. The average Bonchev–Trinajstić information content (AvgIpc) is 2.79. The van der Waals surface area contributed by atoms with Gasteiger partial charge in [0.2, 0.25) is 0 Å². The Kier molecular flexibility index (Phi) is 7.80. The summed E-state index contributed by atoms with van der Waals surface area (Å²) in [7, 11) is -2.14. The topological polar surface area (TPSA) is 69.7 Å². The molecule has 1 aliphatic rings. The minimum absolute atomic E-state index is 0.142. The van der Waals surface area contributed by atoms with Crippen LogP contribution in [0, 0.1) is 0 Å². The number of sulfonamides is 1. The molecule has 1 N–H and O–H groups in total. The second-order valence-electron chi connectivity index (χ2n) is 7.35. The van der Waals surface area contributed by atoms with Crippen molar-refractivity contribution in [1.82, 2.24) is 10.2 Å². The molecule has 3 rings (SSSR count). The minimum atomic E-state index is -3.66. The molecule has 2 aromatic rings. The number of thioether (sulfide) groups is 1. The van der Waals surface area contributed by atoms with Crippen molar-refractivity contribution in [2.24, 2.45) is 0 Å². The van der Waals surface area contributed by atoms with Crippen LogP contribution in [0.4, 0.5) is 5.69 Å². The number of anilines is 1. The van der Waals surface area contributed by atoms with Gasteiger partial charge in [0.05, 0.1) is 10.6 Å². The summed E-state index contributed by atoms with van der Waals surface area (Å²) in [4.78, 5) is 16.0. The SMILES string of the molecule is CSc1ccc(S(=O)(=O)N(C)c2ccc(C(=O)NCCN3CCCCC3)cc2)cc1. The second kappa shape index (κ2) is 10.3. The van der Waals surface area contributed by atoms with Crippen LogP contribution >= 0.6 is 11.8 Å². The van der Waals surface area contributed by atoms with Crippen LogP contribution in [0.25, 0.3) is 0 Å². The first-order valence-electron chi connectivity index (χ1n) is 10.2.